The van der Waals surface area contributed by atoms with E-state index in [9.17, 15) is 4.79 Å². The van der Waals surface area contributed by atoms with Gasteiger partial charge >= 0.3 is 5.97 Å². The molecule has 0 radical (unpaired) electrons. The molecule has 0 bridgehead atoms. The Bertz CT molecular complexity index is 637. The summed E-state index contributed by atoms with van der Waals surface area (Å²) in [6, 6.07) is 7.50. The van der Waals surface area contributed by atoms with Gasteiger partial charge in [0.15, 0.2) is 0 Å². The first-order valence-electron chi connectivity index (χ1n) is 8.55. The molecule has 0 atom stereocenters. The lowest BCUT2D eigenvalue weighted by atomic mass is 10.2. The minimum absolute atomic E-state index is 0.244. The number of hydrogen-bond donors (Lipinski definition) is 0. The number of fused-ring (bicyclic) bond motifs is 1. The van der Waals surface area contributed by atoms with Crippen molar-refractivity contribution in [1.82, 2.24) is 4.90 Å². The Kier molecular flexibility index (Phi) is 10.8. The van der Waals surface area contributed by atoms with Crippen LogP contribution in [0.5, 0.6) is 0 Å². The summed E-state index contributed by atoms with van der Waals surface area (Å²) in [5, 5.41) is 0.887. The van der Waals surface area contributed by atoms with Gasteiger partial charge in [-0.3, -0.25) is 0 Å². The summed E-state index contributed by atoms with van der Waals surface area (Å²) in [6.07, 6.45) is 0. The smallest absolute Gasteiger partial charge is 0.374 e. The fourth-order valence-electron chi connectivity index (χ4n) is 2.38. The number of benzene rings is 1. The van der Waals surface area contributed by atoms with Crippen LogP contribution in [0.2, 0.25) is 0 Å². The third-order valence-electron chi connectivity index (χ3n) is 3.79. The maximum Gasteiger partial charge on any atom is 0.374 e. The number of carbonyl (C=O) groups excluding carboxylic acids is 1. The first-order valence-corrected chi connectivity index (χ1v) is 10.7. The molecule has 0 aliphatic heterocycles. The summed E-state index contributed by atoms with van der Waals surface area (Å²) in [4.78, 5) is 16.2. The van der Waals surface area contributed by atoms with E-state index in [-0.39, 0.29) is 5.76 Å². The molecular weight excluding hydrogens is 433 g/mol. The Balaban J connectivity index is 0.00000151. The number of halogens is 1. The van der Waals surface area contributed by atoms with E-state index >= 15 is 0 Å². The Morgan fingerprint density at radius 3 is 2.52 bits per heavy atom. The van der Waals surface area contributed by atoms with E-state index in [1.807, 2.05) is 30.1 Å². The zero-order chi connectivity index (χ0) is 18.7. The lowest BCUT2D eigenvalue weighted by molar-refractivity contribution is 0.0433. The summed E-state index contributed by atoms with van der Waals surface area (Å²) < 4.78 is 16.3. The molecule has 1 aromatic heterocycles. The van der Waals surface area contributed by atoms with Crippen LogP contribution in [-0.4, -0.2) is 48.6 Å². The standard InChI is InChI=1S/C18H25NO4.CH3I/c1-4-19(5-2)9-10-22-18(20)17-12-15-11-14(13-21-6-3)7-8-16(15)23-17;1-2/h7-8,11-12H,4-6,9-10,13H2,1-3H3;1H3. The fourth-order valence-corrected chi connectivity index (χ4v) is 2.38. The lowest BCUT2D eigenvalue weighted by Crippen LogP contribution is -2.27. The molecule has 6 heteroatoms. The number of rotatable bonds is 9. The molecule has 0 amide bonds. The second kappa shape index (κ2) is 12.3. The van der Waals surface area contributed by atoms with Crippen molar-refractivity contribution in [3.05, 3.63) is 35.6 Å². The summed E-state index contributed by atoms with van der Waals surface area (Å²) in [5.74, 6) is -0.173. The lowest BCUT2D eigenvalue weighted by Gasteiger charge is -2.17. The van der Waals surface area contributed by atoms with Crippen LogP contribution in [0.25, 0.3) is 11.0 Å². The van der Waals surface area contributed by atoms with E-state index in [2.05, 4.69) is 41.3 Å². The fraction of sp³-hybridized carbons (Fsp3) is 0.526. The topological polar surface area (TPSA) is 51.9 Å². The van der Waals surface area contributed by atoms with Crippen molar-refractivity contribution >= 4 is 39.5 Å². The van der Waals surface area contributed by atoms with E-state index < -0.39 is 5.97 Å². The number of furan rings is 1. The highest BCUT2D eigenvalue weighted by atomic mass is 127. The number of ether oxygens (including phenoxy) is 2. The van der Waals surface area contributed by atoms with E-state index in [4.69, 9.17) is 13.9 Å². The van der Waals surface area contributed by atoms with Gasteiger partial charge in [0.25, 0.3) is 0 Å². The number of hydrogen-bond acceptors (Lipinski definition) is 5. The second-order valence-electron chi connectivity index (χ2n) is 5.28. The van der Waals surface area contributed by atoms with Crippen LogP contribution in [0, 0.1) is 0 Å². The monoisotopic (exact) mass is 461 g/mol. The van der Waals surface area contributed by atoms with Crippen LogP contribution in [0.15, 0.2) is 28.7 Å². The largest absolute Gasteiger partial charge is 0.458 e. The summed E-state index contributed by atoms with van der Waals surface area (Å²) >= 11 is 2.15. The van der Waals surface area contributed by atoms with E-state index in [0.29, 0.717) is 25.4 Å². The predicted molar refractivity (Wildman–Crippen MR) is 110 cm³/mol. The summed E-state index contributed by atoms with van der Waals surface area (Å²) in [7, 11) is 0. The molecule has 0 N–H and O–H groups in total. The predicted octanol–water partition coefficient (Wildman–Crippen LogP) is 4.52. The highest BCUT2D eigenvalue weighted by molar-refractivity contribution is 14.1. The van der Waals surface area contributed by atoms with Gasteiger partial charge in [-0.25, -0.2) is 4.79 Å². The molecule has 1 heterocycles. The van der Waals surface area contributed by atoms with Gasteiger partial charge in [-0.15, -0.1) is 0 Å². The van der Waals surface area contributed by atoms with Crippen molar-refractivity contribution in [2.75, 3.05) is 37.8 Å². The normalized spacial score (nSPS) is 10.6. The van der Waals surface area contributed by atoms with Crippen LogP contribution < -0.4 is 0 Å². The molecule has 5 nitrogen and oxygen atoms in total. The van der Waals surface area contributed by atoms with Gasteiger partial charge in [0, 0.05) is 18.5 Å². The van der Waals surface area contributed by atoms with Crippen LogP contribution in [0.1, 0.15) is 36.9 Å². The van der Waals surface area contributed by atoms with E-state index in [1.54, 1.807) is 6.07 Å². The number of esters is 1. The van der Waals surface area contributed by atoms with Crippen molar-refractivity contribution < 1.29 is 18.7 Å². The number of likely N-dealkylation sites (N-methyl/N-ethyl adjacent to an activating group) is 1. The molecule has 0 aliphatic carbocycles. The van der Waals surface area contributed by atoms with Crippen molar-refractivity contribution in [2.24, 2.45) is 0 Å². The van der Waals surface area contributed by atoms with Crippen molar-refractivity contribution in [3.63, 3.8) is 0 Å². The minimum Gasteiger partial charge on any atom is -0.458 e. The average Bonchev–Trinajstić information content (AvgIpc) is 3.08. The van der Waals surface area contributed by atoms with Crippen molar-refractivity contribution in [3.8, 4) is 0 Å². The Hall–Kier alpha value is -1.12. The first kappa shape index (κ1) is 21.9. The molecule has 0 aliphatic rings. The number of carbonyl (C=O) groups is 1. The van der Waals surface area contributed by atoms with Gasteiger partial charge in [0.2, 0.25) is 5.76 Å². The second-order valence-corrected chi connectivity index (χ2v) is 5.28. The molecule has 0 saturated carbocycles. The maximum absolute atomic E-state index is 12.1. The van der Waals surface area contributed by atoms with Gasteiger partial charge in [-0.1, -0.05) is 42.5 Å². The third kappa shape index (κ3) is 6.95. The van der Waals surface area contributed by atoms with Gasteiger partial charge in [0.05, 0.1) is 6.61 Å². The van der Waals surface area contributed by atoms with Crippen LogP contribution in [0.3, 0.4) is 0 Å². The van der Waals surface area contributed by atoms with Crippen molar-refractivity contribution in [1.29, 1.82) is 0 Å². The SMILES string of the molecule is CCOCc1ccc2oc(C(=O)OCCN(CC)CC)cc2c1.CI. The highest BCUT2D eigenvalue weighted by Gasteiger charge is 2.14. The van der Waals surface area contributed by atoms with Crippen molar-refractivity contribution in [2.45, 2.75) is 27.4 Å². The zero-order valence-electron chi connectivity index (χ0n) is 15.5. The van der Waals surface area contributed by atoms with Gasteiger partial charge in [-0.2, -0.15) is 0 Å². The zero-order valence-corrected chi connectivity index (χ0v) is 17.7. The molecule has 0 fully saturated rings. The molecule has 140 valence electrons. The quantitative estimate of drug-likeness (QED) is 0.312. The molecule has 1 aromatic carbocycles. The highest BCUT2D eigenvalue weighted by Crippen LogP contribution is 2.21. The van der Waals surface area contributed by atoms with Crippen LogP contribution in [0.4, 0.5) is 0 Å². The number of alkyl halides is 1. The first-order chi connectivity index (χ1) is 12.2. The molecular formula is C19H28INO4. The molecule has 25 heavy (non-hydrogen) atoms. The van der Waals surface area contributed by atoms with Gasteiger partial charge < -0.3 is 18.8 Å². The van der Waals surface area contributed by atoms with E-state index in [1.165, 1.54) is 0 Å². The average molecular weight is 461 g/mol. The van der Waals surface area contributed by atoms with E-state index in [0.717, 1.165) is 30.6 Å². The third-order valence-corrected chi connectivity index (χ3v) is 3.79. The molecule has 2 aromatic rings. The summed E-state index contributed by atoms with van der Waals surface area (Å²) in [5.41, 5.74) is 1.74. The maximum atomic E-state index is 12.1. The van der Waals surface area contributed by atoms with Crippen LogP contribution >= 0.6 is 22.6 Å². The van der Waals surface area contributed by atoms with Gasteiger partial charge in [-0.05, 0) is 48.7 Å². The molecule has 2 rings (SSSR count). The molecule has 0 saturated heterocycles. The van der Waals surface area contributed by atoms with Gasteiger partial charge in [0.1, 0.15) is 12.2 Å². The summed E-state index contributed by atoms with van der Waals surface area (Å²) in [6.45, 7) is 10.4. The molecule has 0 spiro atoms. The molecule has 0 unspecified atom stereocenters. The minimum atomic E-state index is -0.417. The Labute approximate surface area is 163 Å². The Morgan fingerprint density at radius 2 is 1.88 bits per heavy atom. The Morgan fingerprint density at radius 1 is 1.16 bits per heavy atom. The van der Waals surface area contributed by atoms with Crippen LogP contribution in [-0.2, 0) is 16.1 Å². The number of nitrogens with zero attached hydrogens (tertiary/aromatic N) is 1.